The zero-order valence-electron chi connectivity index (χ0n) is 18.7. The number of anilines is 1. The number of aromatic nitrogens is 2. The summed E-state index contributed by atoms with van der Waals surface area (Å²) in [6.07, 6.45) is 7.45. The number of carbonyl (C=O) groups is 3. The summed E-state index contributed by atoms with van der Waals surface area (Å²) >= 11 is 0. The van der Waals surface area contributed by atoms with E-state index < -0.39 is 5.97 Å². The number of para-hydroxylation sites is 2. The van der Waals surface area contributed by atoms with Gasteiger partial charge in [0.1, 0.15) is 0 Å². The van der Waals surface area contributed by atoms with Crippen LogP contribution in [0.15, 0.2) is 79.1 Å². The second-order valence-corrected chi connectivity index (χ2v) is 8.01. The lowest BCUT2D eigenvalue weighted by Crippen LogP contribution is -2.43. The molecule has 0 bridgehead atoms. The van der Waals surface area contributed by atoms with Crippen LogP contribution in [0.2, 0.25) is 0 Å². The van der Waals surface area contributed by atoms with E-state index in [1.54, 1.807) is 28.1 Å². The van der Waals surface area contributed by atoms with Crippen LogP contribution < -0.4 is 5.32 Å². The highest BCUT2D eigenvalue weighted by atomic mass is 16.5. The molecule has 1 N–H and O–H groups in total. The molecule has 2 aromatic carbocycles. The quantitative estimate of drug-likeness (QED) is 0.433. The van der Waals surface area contributed by atoms with E-state index in [4.69, 9.17) is 4.74 Å². The molecule has 0 atom stereocenters. The van der Waals surface area contributed by atoms with Crippen LogP contribution in [0.5, 0.6) is 0 Å². The van der Waals surface area contributed by atoms with Crippen LogP contribution in [0, 0.1) is 5.92 Å². The molecule has 0 spiro atoms. The van der Waals surface area contributed by atoms with E-state index in [1.165, 1.54) is 6.08 Å². The highest BCUT2D eigenvalue weighted by Crippen LogP contribution is 2.19. The zero-order chi connectivity index (χ0) is 23.8. The Bertz CT molecular complexity index is 1150. The first-order valence-corrected chi connectivity index (χ1v) is 11.2. The minimum absolute atomic E-state index is 0.0366. The number of nitrogens with one attached hydrogen (secondary N) is 1. The van der Waals surface area contributed by atoms with Gasteiger partial charge in [-0.1, -0.05) is 36.4 Å². The minimum Gasteiger partial charge on any atom is -0.452 e. The number of carbonyl (C=O) groups excluding carboxylic acids is 3. The molecule has 8 nitrogen and oxygen atoms in total. The third-order valence-corrected chi connectivity index (χ3v) is 5.63. The molecule has 3 aromatic rings. The van der Waals surface area contributed by atoms with E-state index >= 15 is 0 Å². The van der Waals surface area contributed by atoms with Crippen molar-refractivity contribution in [3.05, 3.63) is 84.7 Å². The number of rotatable bonds is 7. The van der Waals surface area contributed by atoms with E-state index in [0.717, 1.165) is 16.9 Å². The largest absolute Gasteiger partial charge is 0.452 e. The Morgan fingerprint density at radius 2 is 1.68 bits per heavy atom. The highest BCUT2D eigenvalue weighted by molar-refractivity contribution is 5.93. The fourth-order valence-electron chi connectivity index (χ4n) is 3.74. The van der Waals surface area contributed by atoms with E-state index in [2.05, 4.69) is 10.4 Å². The summed E-state index contributed by atoms with van der Waals surface area (Å²) < 4.78 is 6.81. The summed E-state index contributed by atoms with van der Waals surface area (Å²) in [6.45, 7) is 0.586. The zero-order valence-corrected chi connectivity index (χ0v) is 18.7. The second kappa shape index (κ2) is 11.1. The summed E-state index contributed by atoms with van der Waals surface area (Å²) in [5, 5.41) is 7.17. The van der Waals surface area contributed by atoms with Crippen molar-refractivity contribution in [2.45, 2.75) is 12.8 Å². The number of esters is 1. The smallest absolute Gasteiger partial charge is 0.331 e. The molecular formula is C26H26N4O4. The maximum absolute atomic E-state index is 12.4. The van der Waals surface area contributed by atoms with Gasteiger partial charge in [-0.3, -0.25) is 9.59 Å². The molecule has 4 rings (SSSR count). The van der Waals surface area contributed by atoms with Crippen molar-refractivity contribution in [2.24, 2.45) is 5.92 Å². The third kappa shape index (κ3) is 6.19. The first kappa shape index (κ1) is 23.0. The predicted molar refractivity (Wildman–Crippen MR) is 128 cm³/mol. The molecule has 1 aliphatic heterocycles. The van der Waals surface area contributed by atoms with E-state index in [9.17, 15) is 14.4 Å². The summed E-state index contributed by atoms with van der Waals surface area (Å²) in [7, 11) is 0. The number of hydrogen-bond acceptors (Lipinski definition) is 5. The lowest BCUT2D eigenvalue weighted by Gasteiger charge is -2.31. The first-order chi connectivity index (χ1) is 16.6. The Hall–Kier alpha value is -4.20. The van der Waals surface area contributed by atoms with Gasteiger partial charge in [-0.05, 0) is 43.2 Å². The number of amides is 2. The fourth-order valence-corrected chi connectivity index (χ4v) is 3.74. The average Bonchev–Trinajstić information content (AvgIpc) is 3.36. The van der Waals surface area contributed by atoms with Crippen molar-refractivity contribution in [3.8, 4) is 5.69 Å². The number of piperidine rings is 1. The predicted octanol–water partition coefficient (Wildman–Crippen LogP) is 3.31. The fraction of sp³-hybridized carbons (Fsp3) is 0.231. The summed E-state index contributed by atoms with van der Waals surface area (Å²) in [6, 6.07) is 18.9. The minimum atomic E-state index is -0.599. The van der Waals surface area contributed by atoms with Crippen LogP contribution in [0.25, 0.3) is 11.8 Å². The lowest BCUT2D eigenvalue weighted by atomic mass is 9.95. The van der Waals surface area contributed by atoms with Crippen LogP contribution in [-0.4, -0.2) is 52.2 Å². The molecule has 1 aliphatic rings. The van der Waals surface area contributed by atoms with Crippen molar-refractivity contribution in [1.29, 1.82) is 0 Å². The van der Waals surface area contributed by atoms with Crippen LogP contribution in [0.4, 0.5) is 5.69 Å². The molecule has 1 fully saturated rings. The SMILES string of the molecule is O=C(/C=C\c1cnn(-c2ccccc2)c1)OCC(=O)N1CCC(C(=O)Nc2ccccc2)CC1. The standard InChI is InChI=1S/C26H26N4O4/c31-24(29-15-13-21(14-16-29)26(33)28-22-7-3-1-4-8-22)19-34-25(32)12-11-20-17-27-30(18-20)23-9-5-2-6-10-23/h1-12,17-18,21H,13-16,19H2,(H,28,33)/b12-11-. The van der Waals surface area contributed by atoms with Crippen LogP contribution in [0.3, 0.4) is 0 Å². The van der Waals surface area contributed by atoms with Gasteiger partial charge in [0.05, 0.1) is 11.9 Å². The van der Waals surface area contributed by atoms with Gasteiger partial charge < -0.3 is 15.0 Å². The van der Waals surface area contributed by atoms with Gasteiger partial charge in [0.25, 0.3) is 5.91 Å². The van der Waals surface area contributed by atoms with Gasteiger partial charge >= 0.3 is 5.97 Å². The molecule has 2 heterocycles. The monoisotopic (exact) mass is 458 g/mol. The number of nitrogens with zero attached hydrogens (tertiary/aromatic N) is 3. The molecular weight excluding hydrogens is 432 g/mol. The van der Waals surface area contributed by atoms with Crippen LogP contribution in [0.1, 0.15) is 18.4 Å². The number of likely N-dealkylation sites (tertiary alicyclic amines) is 1. The summed E-state index contributed by atoms with van der Waals surface area (Å²) in [5.74, 6) is -1.05. The summed E-state index contributed by atoms with van der Waals surface area (Å²) in [5.41, 5.74) is 2.41. The van der Waals surface area contributed by atoms with Gasteiger partial charge in [-0.15, -0.1) is 0 Å². The normalized spacial score (nSPS) is 14.2. The maximum Gasteiger partial charge on any atom is 0.331 e. The molecule has 1 saturated heterocycles. The molecule has 8 heteroatoms. The van der Waals surface area contributed by atoms with E-state index in [-0.39, 0.29) is 24.3 Å². The topological polar surface area (TPSA) is 93.5 Å². The van der Waals surface area contributed by atoms with Gasteiger partial charge in [-0.25, -0.2) is 9.48 Å². The Balaban J connectivity index is 1.19. The average molecular weight is 459 g/mol. The molecule has 1 aromatic heterocycles. The van der Waals surface area contributed by atoms with Crippen molar-refractivity contribution in [3.63, 3.8) is 0 Å². The Labute approximate surface area is 197 Å². The summed E-state index contributed by atoms with van der Waals surface area (Å²) in [4.78, 5) is 38.5. The van der Waals surface area contributed by atoms with Crippen molar-refractivity contribution < 1.29 is 19.1 Å². The third-order valence-electron chi connectivity index (χ3n) is 5.63. The Morgan fingerprint density at radius 1 is 1.00 bits per heavy atom. The van der Waals surface area contributed by atoms with Gasteiger partial charge in [0.2, 0.25) is 5.91 Å². The maximum atomic E-state index is 12.4. The first-order valence-electron chi connectivity index (χ1n) is 11.2. The molecule has 34 heavy (non-hydrogen) atoms. The molecule has 0 saturated carbocycles. The van der Waals surface area contributed by atoms with Crippen LogP contribution >= 0.6 is 0 Å². The van der Waals surface area contributed by atoms with Gasteiger partial charge in [0, 0.05) is 42.5 Å². The van der Waals surface area contributed by atoms with Crippen molar-refractivity contribution in [1.82, 2.24) is 14.7 Å². The van der Waals surface area contributed by atoms with Gasteiger partial charge in [0.15, 0.2) is 6.61 Å². The second-order valence-electron chi connectivity index (χ2n) is 8.01. The van der Waals surface area contributed by atoms with Gasteiger partial charge in [-0.2, -0.15) is 5.10 Å². The van der Waals surface area contributed by atoms with Crippen molar-refractivity contribution in [2.75, 3.05) is 25.0 Å². The van der Waals surface area contributed by atoms with Crippen LogP contribution in [-0.2, 0) is 19.1 Å². The molecule has 174 valence electrons. The number of ether oxygens (including phenoxy) is 1. The van der Waals surface area contributed by atoms with Crippen molar-refractivity contribution >= 4 is 29.5 Å². The Kier molecular flexibility index (Phi) is 7.49. The van der Waals surface area contributed by atoms with E-state index in [1.807, 2.05) is 60.7 Å². The lowest BCUT2D eigenvalue weighted by molar-refractivity contribution is -0.149. The molecule has 0 radical (unpaired) electrons. The number of benzene rings is 2. The molecule has 0 aliphatic carbocycles. The molecule has 2 amide bonds. The highest BCUT2D eigenvalue weighted by Gasteiger charge is 2.27. The Morgan fingerprint density at radius 3 is 2.38 bits per heavy atom. The van der Waals surface area contributed by atoms with E-state index in [0.29, 0.717) is 25.9 Å². The number of hydrogen-bond donors (Lipinski definition) is 1. The molecule has 0 unspecified atom stereocenters.